The Bertz CT molecular complexity index is 1360. The van der Waals surface area contributed by atoms with Crippen molar-refractivity contribution in [2.75, 3.05) is 0 Å². The van der Waals surface area contributed by atoms with E-state index in [1.54, 1.807) is 6.33 Å². The van der Waals surface area contributed by atoms with Gasteiger partial charge in [-0.3, -0.25) is 0 Å². The maximum absolute atomic E-state index is 4.74. The molecule has 0 aliphatic carbocycles. The van der Waals surface area contributed by atoms with Crippen LogP contribution in [0.2, 0.25) is 0 Å². The number of rotatable bonds is 4. The highest BCUT2D eigenvalue weighted by molar-refractivity contribution is 5.71. The standard InChI is InChI=1S/C30H27N3/c1-30(2,3)27-18-16-25(17-19-27)29-31-21-33(32-29)28-11-7-10-26(20-28)24-14-12-23(13-15-24)22-8-5-4-6-9-22/h4-21H,1-3H3. The quantitative estimate of drug-likeness (QED) is 0.295. The summed E-state index contributed by atoms with van der Waals surface area (Å²) < 4.78 is 1.84. The van der Waals surface area contributed by atoms with Gasteiger partial charge in [0.15, 0.2) is 5.82 Å². The van der Waals surface area contributed by atoms with Crippen LogP contribution in [0.15, 0.2) is 109 Å². The van der Waals surface area contributed by atoms with E-state index in [-0.39, 0.29) is 5.41 Å². The second-order valence-electron chi connectivity index (χ2n) is 9.33. The van der Waals surface area contributed by atoms with Crippen molar-refractivity contribution in [2.24, 2.45) is 0 Å². The van der Waals surface area contributed by atoms with Crippen molar-refractivity contribution in [3.63, 3.8) is 0 Å². The van der Waals surface area contributed by atoms with Crippen LogP contribution in [0.25, 0.3) is 39.3 Å². The molecule has 33 heavy (non-hydrogen) atoms. The van der Waals surface area contributed by atoms with Gasteiger partial charge in [-0.1, -0.05) is 112 Å². The zero-order valence-electron chi connectivity index (χ0n) is 19.2. The zero-order chi connectivity index (χ0) is 22.8. The molecule has 3 heteroatoms. The molecule has 0 N–H and O–H groups in total. The van der Waals surface area contributed by atoms with E-state index in [9.17, 15) is 0 Å². The molecule has 5 aromatic rings. The summed E-state index contributed by atoms with van der Waals surface area (Å²) in [5.74, 6) is 0.730. The Morgan fingerprint density at radius 2 is 1.15 bits per heavy atom. The molecule has 1 heterocycles. The Morgan fingerprint density at radius 3 is 1.82 bits per heavy atom. The molecular formula is C30H27N3. The fraction of sp³-hybridized carbons (Fsp3) is 0.133. The largest absolute Gasteiger partial charge is 0.220 e. The monoisotopic (exact) mass is 429 g/mol. The average molecular weight is 430 g/mol. The van der Waals surface area contributed by atoms with E-state index in [2.05, 4.69) is 123 Å². The fourth-order valence-electron chi connectivity index (χ4n) is 3.95. The van der Waals surface area contributed by atoms with Crippen LogP contribution in [-0.2, 0) is 5.41 Å². The van der Waals surface area contributed by atoms with E-state index in [4.69, 9.17) is 5.10 Å². The van der Waals surface area contributed by atoms with Crippen LogP contribution in [0.4, 0.5) is 0 Å². The predicted molar refractivity (Wildman–Crippen MR) is 136 cm³/mol. The summed E-state index contributed by atoms with van der Waals surface area (Å²) in [5, 5.41) is 4.74. The van der Waals surface area contributed by atoms with E-state index in [0.29, 0.717) is 0 Å². The highest BCUT2D eigenvalue weighted by atomic mass is 15.3. The van der Waals surface area contributed by atoms with E-state index >= 15 is 0 Å². The molecule has 0 bridgehead atoms. The van der Waals surface area contributed by atoms with Crippen molar-refractivity contribution in [3.05, 3.63) is 115 Å². The number of hydrogen-bond donors (Lipinski definition) is 0. The van der Waals surface area contributed by atoms with Crippen LogP contribution in [0.3, 0.4) is 0 Å². The van der Waals surface area contributed by atoms with Gasteiger partial charge >= 0.3 is 0 Å². The van der Waals surface area contributed by atoms with E-state index in [1.165, 1.54) is 22.3 Å². The molecule has 0 atom stereocenters. The smallest absolute Gasteiger partial charge is 0.181 e. The molecule has 162 valence electrons. The summed E-state index contributed by atoms with van der Waals surface area (Å²) in [7, 11) is 0. The van der Waals surface area contributed by atoms with Crippen molar-refractivity contribution < 1.29 is 0 Å². The molecule has 0 aliphatic rings. The van der Waals surface area contributed by atoms with Gasteiger partial charge < -0.3 is 0 Å². The SMILES string of the molecule is CC(C)(C)c1ccc(-c2ncn(-c3cccc(-c4ccc(-c5ccccc5)cc4)c3)n2)cc1. The maximum Gasteiger partial charge on any atom is 0.181 e. The van der Waals surface area contributed by atoms with Crippen LogP contribution < -0.4 is 0 Å². The zero-order valence-corrected chi connectivity index (χ0v) is 19.2. The molecule has 0 radical (unpaired) electrons. The molecule has 1 aromatic heterocycles. The summed E-state index contributed by atoms with van der Waals surface area (Å²) in [6.07, 6.45) is 1.78. The highest BCUT2D eigenvalue weighted by Gasteiger charge is 2.14. The number of hydrogen-bond acceptors (Lipinski definition) is 2. The van der Waals surface area contributed by atoms with Crippen LogP contribution >= 0.6 is 0 Å². The first-order valence-corrected chi connectivity index (χ1v) is 11.3. The molecule has 0 unspecified atom stereocenters. The third kappa shape index (κ3) is 4.49. The fourth-order valence-corrected chi connectivity index (χ4v) is 3.95. The second-order valence-corrected chi connectivity index (χ2v) is 9.33. The first-order valence-electron chi connectivity index (χ1n) is 11.3. The molecule has 0 amide bonds. The van der Waals surface area contributed by atoms with Crippen LogP contribution in [0.1, 0.15) is 26.3 Å². The number of benzene rings is 4. The first kappa shape index (κ1) is 20.9. The molecule has 0 spiro atoms. The molecular weight excluding hydrogens is 402 g/mol. The summed E-state index contributed by atoms with van der Waals surface area (Å²) in [6, 6.07) is 36.1. The lowest BCUT2D eigenvalue weighted by atomic mass is 9.87. The minimum Gasteiger partial charge on any atom is -0.220 e. The van der Waals surface area contributed by atoms with Crippen molar-refractivity contribution in [3.8, 4) is 39.3 Å². The Kier molecular flexibility index (Phi) is 5.39. The third-order valence-electron chi connectivity index (χ3n) is 5.94. The molecule has 0 fully saturated rings. The molecule has 3 nitrogen and oxygen atoms in total. The average Bonchev–Trinajstić information content (AvgIpc) is 3.35. The lowest BCUT2D eigenvalue weighted by molar-refractivity contribution is 0.590. The lowest BCUT2D eigenvalue weighted by Gasteiger charge is -2.18. The predicted octanol–water partition coefficient (Wildman–Crippen LogP) is 7.57. The van der Waals surface area contributed by atoms with Crippen molar-refractivity contribution in [1.82, 2.24) is 14.8 Å². The van der Waals surface area contributed by atoms with Gasteiger partial charge in [-0.25, -0.2) is 9.67 Å². The Hall–Kier alpha value is -3.98. The molecule has 0 saturated heterocycles. The Balaban J connectivity index is 1.39. The molecule has 5 rings (SSSR count). The van der Waals surface area contributed by atoms with E-state index in [1.807, 2.05) is 10.7 Å². The third-order valence-corrected chi connectivity index (χ3v) is 5.94. The van der Waals surface area contributed by atoms with Crippen LogP contribution in [0.5, 0.6) is 0 Å². The molecule has 0 saturated carbocycles. The van der Waals surface area contributed by atoms with E-state index < -0.39 is 0 Å². The summed E-state index contributed by atoms with van der Waals surface area (Å²) in [4.78, 5) is 4.55. The summed E-state index contributed by atoms with van der Waals surface area (Å²) >= 11 is 0. The number of nitrogens with zero attached hydrogens (tertiary/aromatic N) is 3. The van der Waals surface area contributed by atoms with Crippen molar-refractivity contribution >= 4 is 0 Å². The normalized spacial score (nSPS) is 11.5. The van der Waals surface area contributed by atoms with Crippen LogP contribution in [-0.4, -0.2) is 14.8 Å². The summed E-state index contributed by atoms with van der Waals surface area (Å²) in [5.41, 5.74) is 8.21. The molecule has 4 aromatic carbocycles. The molecule has 0 aliphatic heterocycles. The van der Waals surface area contributed by atoms with Crippen molar-refractivity contribution in [2.45, 2.75) is 26.2 Å². The van der Waals surface area contributed by atoms with Gasteiger partial charge in [0.25, 0.3) is 0 Å². The van der Waals surface area contributed by atoms with Gasteiger partial charge in [-0.05, 0) is 45.4 Å². The van der Waals surface area contributed by atoms with Gasteiger partial charge in [0.1, 0.15) is 6.33 Å². The van der Waals surface area contributed by atoms with E-state index in [0.717, 1.165) is 22.6 Å². The Labute approximate surface area is 195 Å². The minimum atomic E-state index is 0.130. The van der Waals surface area contributed by atoms with Crippen molar-refractivity contribution in [1.29, 1.82) is 0 Å². The first-order chi connectivity index (χ1) is 16.0. The van der Waals surface area contributed by atoms with Gasteiger partial charge in [0.05, 0.1) is 5.69 Å². The van der Waals surface area contributed by atoms with Gasteiger partial charge in [-0.2, -0.15) is 0 Å². The lowest BCUT2D eigenvalue weighted by Crippen LogP contribution is -2.10. The topological polar surface area (TPSA) is 30.7 Å². The maximum atomic E-state index is 4.74. The van der Waals surface area contributed by atoms with Gasteiger partial charge in [0, 0.05) is 5.56 Å². The minimum absolute atomic E-state index is 0.130. The Morgan fingerprint density at radius 1 is 0.576 bits per heavy atom. The second kappa shape index (κ2) is 8.51. The van der Waals surface area contributed by atoms with Gasteiger partial charge in [-0.15, -0.1) is 5.10 Å². The number of aromatic nitrogens is 3. The highest BCUT2D eigenvalue weighted by Crippen LogP contribution is 2.27. The van der Waals surface area contributed by atoms with Crippen LogP contribution in [0, 0.1) is 0 Å². The van der Waals surface area contributed by atoms with Gasteiger partial charge in [0.2, 0.25) is 0 Å². The summed E-state index contributed by atoms with van der Waals surface area (Å²) in [6.45, 7) is 6.66.